The molecule has 2 aromatic rings. The van der Waals surface area contributed by atoms with Crippen molar-refractivity contribution in [3.05, 3.63) is 34.5 Å². The quantitative estimate of drug-likeness (QED) is 0.416. The third-order valence-electron chi connectivity index (χ3n) is 5.12. The second kappa shape index (κ2) is 8.50. The number of aryl methyl sites for hydroxylation is 1. The number of carbonyl (C=O) groups is 1. The van der Waals surface area contributed by atoms with Gasteiger partial charge in [-0.15, -0.1) is 28.1 Å². The Morgan fingerprint density at radius 2 is 2.18 bits per heavy atom. The van der Waals surface area contributed by atoms with Crippen LogP contribution in [0.15, 0.2) is 17.8 Å². The van der Waals surface area contributed by atoms with E-state index in [1.165, 1.54) is 23.1 Å². The maximum atomic E-state index is 12.5. The molecule has 2 heterocycles. The Hall–Kier alpha value is -2.11. The normalized spacial score (nSPS) is 16.1. The van der Waals surface area contributed by atoms with Crippen molar-refractivity contribution in [2.75, 3.05) is 11.1 Å². The van der Waals surface area contributed by atoms with E-state index in [-0.39, 0.29) is 11.7 Å². The van der Waals surface area contributed by atoms with Crippen molar-refractivity contribution >= 4 is 34.0 Å². The van der Waals surface area contributed by atoms with Gasteiger partial charge >= 0.3 is 0 Å². The summed E-state index contributed by atoms with van der Waals surface area (Å²) in [5, 5.41) is 22.6. The van der Waals surface area contributed by atoms with Gasteiger partial charge in [0, 0.05) is 17.3 Å². The molecule has 2 aromatic heterocycles. The van der Waals surface area contributed by atoms with E-state index in [1.807, 2.05) is 6.08 Å². The van der Waals surface area contributed by atoms with Gasteiger partial charge in [-0.2, -0.15) is 5.26 Å². The van der Waals surface area contributed by atoms with Crippen molar-refractivity contribution in [3.8, 4) is 6.07 Å². The third kappa shape index (κ3) is 4.01. The number of nitrogens with zero attached hydrogens (tertiary/aromatic N) is 4. The number of rotatable bonds is 7. The largest absolute Gasteiger partial charge is 0.316 e. The molecule has 4 rings (SSSR count). The highest BCUT2D eigenvalue weighted by atomic mass is 32.2. The number of allylic oxidation sites excluding steroid dienone is 1. The summed E-state index contributed by atoms with van der Waals surface area (Å²) in [5.41, 5.74) is 1.80. The van der Waals surface area contributed by atoms with Crippen LogP contribution in [-0.2, 0) is 24.2 Å². The lowest BCUT2D eigenvalue weighted by Crippen LogP contribution is -2.14. The smallest absolute Gasteiger partial charge is 0.235 e. The molecule has 2 aliphatic rings. The summed E-state index contributed by atoms with van der Waals surface area (Å²) >= 11 is 2.95. The molecule has 6 nitrogen and oxygen atoms in total. The summed E-state index contributed by atoms with van der Waals surface area (Å²) in [5.74, 6) is 1.62. The molecule has 1 N–H and O–H groups in total. The maximum absolute atomic E-state index is 12.5. The predicted molar refractivity (Wildman–Crippen MR) is 112 cm³/mol. The molecule has 0 radical (unpaired) electrons. The van der Waals surface area contributed by atoms with Crippen LogP contribution in [0.2, 0.25) is 0 Å². The van der Waals surface area contributed by atoms with Crippen LogP contribution in [0.1, 0.15) is 59.9 Å². The second-order valence-corrected chi connectivity index (χ2v) is 9.28. The summed E-state index contributed by atoms with van der Waals surface area (Å²) in [7, 11) is 0. The maximum Gasteiger partial charge on any atom is 0.235 e. The molecular weight excluding hydrogens is 390 g/mol. The Balaban J connectivity index is 1.43. The lowest BCUT2D eigenvalue weighted by atomic mass is 10.1. The fourth-order valence-electron chi connectivity index (χ4n) is 3.59. The van der Waals surface area contributed by atoms with Crippen LogP contribution in [-0.4, -0.2) is 26.4 Å². The minimum Gasteiger partial charge on any atom is -0.316 e. The first-order valence-corrected chi connectivity index (χ1v) is 11.5. The minimum atomic E-state index is -0.112. The standard InChI is InChI=1S/C20H23N5OS2/c1-2-10-25-18(13-8-9-13)23-24-20(25)27-12-17(26)22-19-15(11-21)14-6-4-3-5-7-16(14)28-19/h2,13H,1,3-10,12H2,(H,22,26). The molecular formula is C20H23N5OS2. The van der Waals surface area contributed by atoms with Crippen LogP contribution in [0.5, 0.6) is 0 Å². The number of nitrogens with one attached hydrogen (secondary N) is 1. The lowest BCUT2D eigenvalue weighted by molar-refractivity contribution is -0.113. The number of fused-ring (bicyclic) bond motifs is 1. The zero-order valence-corrected chi connectivity index (χ0v) is 17.4. The van der Waals surface area contributed by atoms with Crippen LogP contribution in [0.4, 0.5) is 5.00 Å². The van der Waals surface area contributed by atoms with E-state index in [2.05, 4.69) is 32.7 Å². The highest BCUT2D eigenvalue weighted by Gasteiger charge is 2.30. The van der Waals surface area contributed by atoms with Gasteiger partial charge in [-0.25, -0.2) is 0 Å². The van der Waals surface area contributed by atoms with Crippen LogP contribution >= 0.6 is 23.1 Å². The van der Waals surface area contributed by atoms with Gasteiger partial charge in [0.2, 0.25) is 5.91 Å². The van der Waals surface area contributed by atoms with E-state index < -0.39 is 0 Å². The number of hydrogen-bond donors (Lipinski definition) is 1. The van der Waals surface area contributed by atoms with Gasteiger partial charge < -0.3 is 9.88 Å². The minimum absolute atomic E-state index is 0.112. The Morgan fingerprint density at radius 1 is 1.36 bits per heavy atom. The molecule has 28 heavy (non-hydrogen) atoms. The molecule has 0 saturated heterocycles. The van der Waals surface area contributed by atoms with E-state index >= 15 is 0 Å². The van der Waals surface area contributed by atoms with Crippen molar-refractivity contribution in [2.24, 2.45) is 0 Å². The van der Waals surface area contributed by atoms with E-state index in [1.54, 1.807) is 11.3 Å². The van der Waals surface area contributed by atoms with Gasteiger partial charge in [0.05, 0.1) is 11.3 Å². The molecule has 0 atom stereocenters. The number of thioether (sulfide) groups is 1. The second-order valence-electron chi connectivity index (χ2n) is 7.23. The molecule has 1 amide bonds. The van der Waals surface area contributed by atoms with Gasteiger partial charge in [-0.1, -0.05) is 24.3 Å². The average Bonchev–Trinajstić information content (AvgIpc) is 3.43. The monoisotopic (exact) mass is 413 g/mol. The van der Waals surface area contributed by atoms with Crippen molar-refractivity contribution in [1.29, 1.82) is 5.26 Å². The fourth-order valence-corrected chi connectivity index (χ4v) is 5.60. The molecule has 1 saturated carbocycles. The van der Waals surface area contributed by atoms with Crippen molar-refractivity contribution in [1.82, 2.24) is 14.8 Å². The molecule has 0 bridgehead atoms. The summed E-state index contributed by atoms with van der Waals surface area (Å²) in [4.78, 5) is 13.8. The zero-order chi connectivity index (χ0) is 19.5. The average molecular weight is 414 g/mol. The molecule has 2 aliphatic carbocycles. The molecule has 1 fully saturated rings. The van der Waals surface area contributed by atoms with Crippen molar-refractivity contribution in [2.45, 2.75) is 62.6 Å². The van der Waals surface area contributed by atoms with E-state index in [0.29, 0.717) is 23.0 Å². The number of thiophene rings is 1. The predicted octanol–water partition coefficient (Wildman–Crippen LogP) is 4.27. The molecule has 8 heteroatoms. The van der Waals surface area contributed by atoms with Gasteiger partial charge in [0.1, 0.15) is 16.9 Å². The number of amides is 1. The molecule has 146 valence electrons. The summed E-state index contributed by atoms with van der Waals surface area (Å²) < 4.78 is 2.05. The van der Waals surface area contributed by atoms with Gasteiger partial charge in [-0.3, -0.25) is 4.79 Å². The SMILES string of the molecule is C=CCn1c(SCC(=O)Nc2sc3c(c2C#N)CCCCC3)nnc1C1CC1. The summed E-state index contributed by atoms with van der Waals surface area (Å²) in [6.45, 7) is 4.46. The van der Waals surface area contributed by atoms with Crippen LogP contribution < -0.4 is 5.32 Å². The molecule has 0 unspecified atom stereocenters. The summed E-state index contributed by atoms with van der Waals surface area (Å²) in [6.07, 6.45) is 9.56. The molecule has 0 spiro atoms. The van der Waals surface area contributed by atoms with E-state index in [9.17, 15) is 10.1 Å². The number of carbonyl (C=O) groups excluding carboxylic acids is 1. The zero-order valence-electron chi connectivity index (χ0n) is 15.7. The van der Waals surface area contributed by atoms with Crippen LogP contribution in [0.25, 0.3) is 0 Å². The van der Waals surface area contributed by atoms with Gasteiger partial charge in [-0.05, 0) is 44.1 Å². The first-order valence-electron chi connectivity index (χ1n) is 9.72. The van der Waals surface area contributed by atoms with Crippen molar-refractivity contribution in [3.63, 3.8) is 0 Å². The topological polar surface area (TPSA) is 83.6 Å². The van der Waals surface area contributed by atoms with E-state index in [4.69, 9.17) is 0 Å². The Labute approximate surface area is 173 Å². The Morgan fingerprint density at radius 3 is 2.93 bits per heavy atom. The number of anilines is 1. The highest BCUT2D eigenvalue weighted by molar-refractivity contribution is 7.99. The van der Waals surface area contributed by atoms with E-state index in [0.717, 1.165) is 55.1 Å². The Bertz CT molecular complexity index is 935. The van der Waals surface area contributed by atoms with Crippen LogP contribution in [0, 0.1) is 11.3 Å². The lowest BCUT2D eigenvalue weighted by Gasteiger charge is -2.07. The van der Waals surface area contributed by atoms with Crippen molar-refractivity contribution < 1.29 is 4.79 Å². The number of hydrogen-bond acceptors (Lipinski definition) is 6. The molecule has 0 aromatic carbocycles. The summed E-state index contributed by atoms with van der Waals surface area (Å²) in [6, 6.07) is 2.31. The van der Waals surface area contributed by atoms with Crippen LogP contribution in [0.3, 0.4) is 0 Å². The highest BCUT2D eigenvalue weighted by Crippen LogP contribution is 2.40. The van der Waals surface area contributed by atoms with Gasteiger partial charge in [0.15, 0.2) is 5.16 Å². The number of aromatic nitrogens is 3. The van der Waals surface area contributed by atoms with Gasteiger partial charge in [0.25, 0.3) is 0 Å². The third-order valence-corrected chi connectivity index (χ3v) is 7.29. The first-order chi connectivity index (χ1) is 13.7. The first kappa shape index (κ1) is 19.2. The Kier molecular flexibility index (Phi) is 5.83. The molecule has 0 aliphatic heterocycles. The number of nitriles is 1. The fraction of sp³-hybridized carbons (Fsp3) is 0.500.